The molecule has 0 aliphatic carbocycles. The molecule has 6 heteroatoms. The largest absolute Gasteiger partial charge is 0.775 e. The van der Waals surface area contributed by atoms with E-state index in [1.165, 1.54) is 0 Å². The highest BCUT2D eigenvalue weighted by atomic mass is 32.2. The zero-order valence-corrected chi connectivity index (χ0v) is 9.49. The summed E-state index contributed by atoms with van der Waals surface area (Å²) in [5, 5.41) is 1.98. The first kappa shape index (κ1) is 11.0. The fraction of sp³-hybridized carbons (Fsp3) is 0.286. The van der Waals surface area contributed by atoms with E-state index in [0.29, 0.717) is 0 Å². The average molecular weight is 236 g/mol. The Hall–Kier alpha value is -0.0600. The van der Waals surface area contributed by atoms with Crippen LogP contribution in [0.15, 0.2) is 17.5 Å². The number of thiophene rings is 1. The first-order chi connectivity index (χ1) is 5.91. The van der Waals surface area contributed by atoms with Crippen LogP contribution >= 0.6 is 30.3 Å². The second-order valence-corrected chi connectivity index (χ2v) is 6.90. The van der Waals surface area contributed by atoms with E-state index in [1.54, 1.807) is 0 Å². The Morgan fingerprint density at radius 2 is 2.46 bits per heavy atom. The van der Waals surface area contributed by atoms with E-state index in [-0.39, 0.29) is 21.5 Å². The maximum Gasteiger partial charge on any atom is 0.169 e. The van der Waals surface area contributed by atoms with Crippen LogP contribution in [0.4, 0.5) is 0 Å². The van der Waals surface area contributed by atoms with Gasteiger partial charge in [0.2, 0.25) is 0 Å². The molecular weight excluding hydrogens is 227 g/mol. The topological polar surface area (TPSA) is 60.4 Å². The number of hydrogen-bond acceptors (Lipinski definition) is 3. The van der Waals surface area contributed by atoms with E-state index in [4.69, 9.17) is 4.89 Å². The van der Waals surface area contributed by atoms with Gasteiger partial charge in [0, 0.05) is 0 Å². The molecule has 0 aliphatic rings. The molecule has 0 amide bonds. The second kappa shape index (κ2) is 3.98. The molecule has 0 aliphatic heterocycles. The van der Waals surface area contributed by atoms with Crippen LogP contribution in [0, 0.1) is 0 Å². The highest BCUT2D eigenvalue weighted by molar-refractivity contribution is 7.96. The van der Waals surface area contributed by atoms with Crippen molar-refractivity contribution in [3.8, 4) is 0 Å². The molecule has 0 saturated carbocycles. The van der Waals surface area contributed by atoms with Gasteiger partial charge >= 0.3 is 0 Å². The Morgan fingerprint density at radius 3 is 2.85 bits per heavy atom. The van der Waals surface area contributed by atoms with Crippen molar-refractivity contribution in [2.24, 2.45) is 6.26 Å². The minimum absolute atomic E-state index is 0.0441. The van der Waals surface area contributed by atoms with Crippen molar-refractivity contribution < 1.29 is 14.4 Å². The van der Waals surface area contributed by atoms with E-state index in [0.717, 1.165) is 4.88 Å². The summed E-state index contributed by atoms with van der Waals surface area (Å²) in [5.41, 5.74) is 0. The Kier molecular flexibility index (Phi) is 3.38. The molecule has 0 fully saturated rings. The molecule has 1 heterocycles. The molecule has 0 radical (unpaired) electrons. The highest BCUT2D eigenvalue weighted by Crippen LogP contribution is 2.35. The van der Waals surface area contributed by atoms with Crippen LogP contribution in [0.2, 0.25) is 0 Å². The Balaban J connectivity index is 2.77. The maximum absolute atomic E-state index is 10.6. The van der Waals surface area contributed by atoms with Crippen LogP contribution in [0.3, 0.4) is 0 Å². The van der Waals surface area contributed by atoms with Gasteiger partial charge in [-0.1, -0.05) is 12.2 Å². The zero-order valence-electron chi connectivity index (χ0n) is 6.97. The molecular formula is C7H9O3PS2. The van der Waals surface area contributed by atoms with Crippen molar-refractivity contribution >= 4 is 34.9 Å². The van der Waals surface area contributed by atoms with Gasteiger partial charge in [0.05, 0.1) is 11.0 Å². The summed E-state index contributed by atoms with van der Waals surface area (Å²) >= 11 is 4.59. The fourth-order valence-corrected chi connectivity index (χ4v) is 2.76. The molecule has 0 spiro atoms. The molecule has 72 valence electrons. The number of aryl methyl sites for hydroxylation is 1. The molecule has 0 aromatic carbocycles. The van der Waals surface area contributed by atoms with E-state index >= 15 is 0 Å². The van der Waals surface area contributed by atoms with Crippen LogP contribution < -0.4 is 4.89 Å². The fourth-order valence-electron chi connectivity index (χ4n) is 0.881. The lowest BCUT2D eigenvalue weighted by Crippen LogP contribution is -2.10. The van der Waals surface area contributed by atoms with Crippen molar-refractivity contribution in [1.82, 2.24) is 0 Å². The normalized spacial score (nSPS) is 16.7. The Bertz CT molecular complexity index is 366. The van der Waals surface area contributed by atoms with Crippen LogP contribution in [-0.4, -0.2) is 9.50 Å². The molecule has 0 saturated heterocycles. The van der Waals surface area contributed by atoms with Gasteiger partial charge in [-0.3, -0.25) is 0 Å². The van der Waals surface area contributed by atoms with Gasteiger partial charge < -0.3 is 14.4 Å². The quantitative estimate of drug-likeness (QED) is 0.489. The van der Waals surface area contributed by atoms with Crippen LogP contribution in [0.25, 0.3) is 0 Å². The monoisotopic (exact) mass is 236 g/mol. The lowest BCUT2D eigenvalue weighted by Gasteiger charge is -2.14. The predicted molar refractivity (Wildman–Crippen MR) is 56.0 cm³/mol. The smallest absolute Gasteiger partial charge is 0.169 e. The van der Waals surface area contributed by atoms with Gasteiger partial charge in [-0.05, 0) is 22.6 Å². The second-order valence-electron chi connectivity index (χ2n) is 2.61. The molecule has 2 atom stereocenters. The summed E-state index contributed by atoms with van der Waals surface area (Å²) < 4.78 is 10.3. The minimum atomic E-state index is -4.42. The van der Waals surface area contributed by atoms with Crippen molar-refractivity contribution in [2.45, 2.75) is 6.42 Å². The van der Waals surface area contributed by atoms with E-state index in [2.05, 4.69) is 12.2 Å². The molecule has 3 nitrogen and oxygen atoms in total. The van der Waals surface area contributed by atoms with Gasteiger partial charge in [-0.2, -0.15) is 0 Å². The van der Waals surface area contributed by atoms with Gasteiger partial charge in [0.25, 0.3) is 0 Å². The summed E-state index contributed by atoms with van der Waals surface area (Å²) in [6.07, 6.45) is 2.14. The van der Waals surface area contributed by atoms with Gasteiger partial charge in [-0.25, -0.2) is 0 Å². The SMILES string of the molecule is C[s+]1cccc1CC(=S)P(=O)([O-])O. The van der Waals surface area contributed by atoms with Crippen molar-refractivity contribution in [2.75, 3.05) is 0 Å². The molecule has 13 heavy (non-hydrogen) atoms. The average Bonchev–Trinajstić information content (AvgIpc) is 2.34. The van der Waals surface area contributed by atoms with Crippen molar-refractivity contribution in [1.29, 1.82) is 0 Å². The maximum atomic E-state index is 10.6. The van der Waals surface area contributed by atoms with Gasteiger partial charge in [0.1, 0.15) is 11.6 Å². The van der Waals surface area contributed by atoms with Crippen LogP contribution in [0.1, 0.15) is 4.88 Å². The molecule has 1 rings (SSSR count). The third-order valence-corrected chi connectivity index (χ3v) is 4.92. The highest BCUT2D eigenvalue weighted by Gasteiger charge is 2.16. The standard InChI is InChI=1S/C7H9O3PS2/c1-13-4-2-3-6(13)5-7(12)11(8,9)10/h2-4H,5H2,1H3,(H-,8,9,10). The van der Waals surface area contributed by atoms with Gasteiger partial charge in [-0.15, -0.1) is 0 Å². The number of thiocarbonyl (C=S) groups is 1. The predicted octanol–water partition coefficient (Wildman–Crippen LogP) is 1.39. The summed E-state index contributed by atoms with van der Waals surface area (Å²) in [7, 11) is -4.46. The van der Waals surface area contributed by atoms with Crippen LogP contribution in [-0.2, 0) is 17.2 Å². The molecule has 2 unspecified atom stereocenters. The van der Waals surface area contributed by atoms with E-state index in [1.807, 2.05) is 23.8 Å². The van der Waals surface area contributed by atoms with Crippen molar-refractivity contribution in [3.05, 3.63) is 22.4 Å². The number of rotatable bonds is 3. The van der Waals surface area contributed by atoms with Gasteiger partial charge in [0.15, 0.2) is 12.5 Å². The summed E-state index contributed by atoms with van der Waals surface area (Å²) in [6, 6.07) is 3.71. The third kappa shape index (κ3) is 2.97. The molecule has 1 aromatic rings. The lowest BCUT2D eigenvalue weighted by atomic mass is 10.4. The number of hydrogen-bond donors (Lipinski definition) is 1. The van der Waals surface area contributed by atoms with E-state index in [9.17, 15) is 9.46 Å². The van der Waals surface area contributed by atoms with Crippen LogP contribution in [0.5, 0.6) is 0 Å². The van der Waals surface area contributed by atoms with E-state index < -0.39 is 7.60 Å². The van der Waals surface area contributed by atoms with Crippen molar-refractivity contribution in [3.63, 3.8) is 0 Å². The third-order valence-electron chi connectivity index (χ3n) is 1.62. The molecule has 0 bridgehead atoms. The Labute approximate surface area is 84.5 Å². The minimum Gasteiger partial charge on any atom is -0.775 e. The lowest BCUT2D eigenvalue weighted by molar-refractivity contribution is -0.187. The molecule has 1 aromatic heterocycles. The summed E-state index contributed by atoms with van der Waals surface area (Å²) in [4.78, 5) is 20.2. The Morgan fingerprint density at radius 1 is 1.85 bits per heavy atom. The summed E-state index contributed by atoms with van der Waals surface area (Å²) in [5.74, 6) is 0. The molecule has 1 N–H and O–H groups in total. The summed E-state index contributed by atoms with van der Waals surface area (Å²) in [6.45, 7) is 0. The first-order valence-electron chi connectivity index (χ1n) is 3.50. The first-order valence-corrected chi connectivity index (χ1v) is 7.19. The zero-order chi connectivity index (χ0) is 10.1.